The summed E-state index contributed by atoms with van der Waals surface area (Å²) in [7, 11) is 0. The van der Waals surface area contributed by atoms with Gasteiger partial charge in [-0.25, -0.2) is 0 Å². The Morgan fingerprint density at radius 3 is 2.75 bits per heavy atom. The molecule has 90 valence electrons. The fourth-order valence-corrected chi connectivity index (χ4v) is 1.82. The number of nitrogens with one attached hydrogen (secondary N) is 1. The van der Waals surface area contributed by atoms with Crippen molar-refractivity contribution in [2.45, 2.75) is 39.7 Å². The van der Waals surface area contributed by atoms with Crippen molar-refractivity contribution >= 4 is 5.69 Å². The lowest BCUT2D eigenvalue weighted by atomic mass is 9.97. The molecule has 1 heterocycles. The Morgan fingerprint density at radius 1 is 1.44 bits per heavy atom. The van der Waals surface area contributed by atoms with E-state index >= 15 is 0 Å². The van der Waals surface area contributed by atoms with Gasteiger partial charge in [0.25, 0.3) is 0 Å². The topological polar surface area (TPSA) is 50.9 Å². The maximum atomic E-state index is 5.99. The van der Waals surface area contributed by atoms with Crippen molar-refractivity contribution in [1.29, 1.82) is 0 Å². The lowest BCUT2D eigenvalue weighted by molar-refractivity contribution is 0.430. The molecule has 0 spiro atoms. The molecule has 0 amide bonds. The van der Waals surface area contributed by atoms with Crippen LogP contribution in [0.25, 0.3) is 0 Å². The highest BCUT2D eigenvalue weighted by Gasteiger charge is 2.14. The second kappa shape index (κ2) is 6.48. The zero-order valence-corrected chi connectivity index (χ0v) is 10.5. The van der Waals surface area contributed by atoms with Gasteiger partial charge in [-0.15, -0.1) is 0 Å². The zero-order chi connectivity index (χ0) is 12.0. The lowest BCUT2D eigenvalue weighted by Crippen LogP contribution is -2.24. The van der Waals surface area contributed by atoms with Crippen LogP contribution in [-0.4, -0.2) is 11.5 Å². The molecule has 0 aliphatic heterocycles. The van der Waals surface area contributed by atoms with E-state index in [1.54, 1.807) is 6.20 Å². The molecule has 3 heteroatoms. The molecule has 0 aromatic carbocycles. The number of hydrogen-bond acceptors (Lipinski definition) is 3. The predicted molar refractivity (Wildman–Crippen MR) is 69.1 cm³/mol. The standard InChI is InChI=1S/C13H23N3/c1-4-6-16-13(8-10(2)3)11-9-15-7-5-12(11)14/h5,7,9-10,13,16H,4,6,8H2,1-3H3,(H2,14,15). The van der Waals surface area contributed by atoms with Gasteiger partial charge in [0.1, 0.15) is 0 Å². The molecule has 0 aliphatic carbocycles. The molecule has 0 saturated carbocycles. The first kappa shape index (κ1) is 13.0. The molecule has 0 fully saturated rings. The highest BCUT2D eigenvalue weighted by atomic mass is 14.9. The smallest absolute Gasteiger partial charge is 0.0393 e. The minimum atomic E-state index is 0.327. The number of nitrogens with zero attached hydrogens (tertiary/aromatic N) is 1. The number of hydrogen-bond donors (Lipinski definition) is 2. The van der Waals surface area contributed by atoms with E-state index in [4.69, 9.17) is 5.73 Å². The van der Waals surface area contributed by atoms with Crippen molar-refractivity contribution in [1.82, 2.24) is 10.3 Å². The number of nitrogens with two attached hydrogens (primary N) is 1. The molecule has 1 unspecified atom stereocenters. The van der Waals surface area contributed by atoms with Crippen molar-refractivity contribution in [3.63, 3.8) is 0 Å². The van der Waals surface area contributed by atoms with E-state index in [0.29, 0.717) is 12.0 Å². The number of rotatable bonds is 6. The van der Waals surface area contributed by atoms with Gasteiger partial charge in [-0.1, -0.05) is 20.8 Å². The van der Waals surface area contributed by atoms with Crippen LogP contribution in [0, 0.1) is 5.92 Å². The minimum Gasteiger partial charge on any atom is -0.398 e. The van der Waals surface area contributed by atoms with Gasteiger partial charge in [0.15, 0.2) is 0 Å². The third-order valence-electron chi connectivity index (χ3n) is 2.61. The van der Waals surface area contributed by atoms with E-state index in [9.17, 15) is 0 Å². The van der Waals surface area contributed by atoms with Crippen molar-refractivity contribution in [2.24, 2.45) is 5.92 Å². The van der Waals surface area contributed by atoms with Crippen LogP contribution in [0.15, 0.2) is 18.5 Å². The van der Waals surface area contributed by atoms with Crippen molar-refractivity contribution in [3.8, 4) is 0 Å². The quantitative estimate of drug-likeness (QED) is 0.776. The Morgan fingerprint density at radius 2 is 2.19 bits per heavy atom. The summed E-state index contributed by atoms with van der Waals surface area (Å²) in [6.07, 6.45) is 5.85. The van der Waals surface area contributed by atoms with Gasteiger partial charge in [-0.3, -0.25) is 4.98 Å². The number of aromatic nitrogens is 1. The first-order valence-corrected chi connectivity index (χ1v) is 6.07. The SMILES string of the molecule is CCCNC(CC(C)C)c1cnccc1N. The summed E-state index contributed by atoms with van der Waals surface area (Å²) in [6.45, 7) is 7.65. The molecule has 1 atom stereocenters. The fraction of sp³-hybridized carbons (Fsp3) is 0.615. The van der Waals surface area contributed by atoms with Crippen LogP contribution in [0.5, 0.6) is 0 Å². The third kappa shape index (κ3) is 3.81. The Labute approximate surface area is 98.5 Å². The molecular weight excluding hydrogens is 198 g/mol. The summed E-state index contributed by atoms with van der Waals surface area (Å²) >= 11 is 0. The zero-order valence-electron chi connectivity index (χ0n) is 10.5. The Bertz CT molecular complexity index is 310. The average Bonchev–Trinajstić information content (AvgIpc) is 2.24. The minimum absolute atomic E-state index is 0.327. The van der Waals surface area contributed by atoms with E-state index in [1.807, 2.05) is 12.3 Å². The lowest BCUT2D eigenvalue weighted by Gasteiger charge is -2.21. The summed E-state index contributed by atoms with van der Waals surface area (Å²) in [6, 6.07) is 2.20. The molecule has 3 N–H and O–H groups in total. The summed E-state index contributed by atoms with van der Waals surface area (Å²) in [4.78, 5) is 4.16. The molecule has 3 nitrogen and oxygen atoms in total. The van der Waals surface area contributed by atoms with Gasteiger partial charge in [0.2, 0.25) is 0 Å². The Balaban J connectivity index is 2.78. The molecule has 0 aliphatic rings. The molecule has 1 aromatic heterocycles. The van der Waals surface area contributed by atoms with Crippen LogP contribution in [0.2, 0.25) is 0 Å². The van der Waals surface area contributed by atoms with E-state index in [0.717, 1.165) is 30.6 Å². The van der Waals surface area contributed by atoms with Gasteiger partial charge in [0, 0.05) is 29.7 Å². The summed E-state index contributed by atoms with van der Waals surface area (Å²) in [5, 5.41) is 3.54. The van der Waals surface area contributed by atoms with E-state index in [1.165, 1.54) is 0 Å². The van der Waals surface area contributed by atoms with Gasteiger partial charge in [-0.05, 0) is 31.4 Å². The second-order valence-corrected chi connectivity index (χ2v) is 4.64. The molecule has 16 heavy (non-hydrogen) atoms. The molecule has 0 saturated heterocycles. The Kier molecular flexibility index (Phi) is 5.26. The summed E-state index contributed by atoms with van der Waals surface area (Å²) in [5.74, 6) is 0.647. The van der Waals surface area contributed by atoms with Crippen molar-refractivity contribution < 1.29 is 0 Å². The van der Waals surface area contributed by atoms with E-state index in [2.05, 4.69) is 31.1 Å². The monoisotopic (exact) mass is 221 g/mol. The second-order valence-electron chi connectivity index (χ2n) is 4.64. The van der Waals surface area contributed by atoms with Crippen LogP contribution in [0.1, 0.15) is 45.2 Å². The van der Waals surface area contributed by atoms with Crippen LogP contribution in [0.3, 0.4) is 0 Å². The first-order valence-electron chi connectivity index (χ1n) is 6.07. The van der Waals surface area contributed by atoms with E-state index < -0.39 is 0 Å². The van der Waals surface area contributed by atoms with Gasteiger partial charge >= 0.3 is 0 Å². The fourth-order valence-electron chi connectivity index (χ4n) is 1.82. The molecule has 1 rings (SSSR count). The van der Waals surface area contributed by atoms with E-state index in [-0.39, 0.29) is 0 Å². The molecule has 0 bridgehead atoms. The third-order valence-corrected chi connectivity index (χ3v) is 2.61. The summed E-state index contributed by atoms with van der Waals surface area (Å²) < 4.78 is 0. The number of nitrogen functional groups attached to an aromatic ring is 1. The van der Waals surface area contributed by atoms with Gasteiger partial charge in [-0.2, -0.15) is 0 Å². The molecule has 1 aromatic rings. The van der Waals surface area contributed by atoms with Crippen LogP contribution >= 0.6 is 0 Å². The van der Waals surface area contributed by atoms with Crippen LogP contribution < -0.4 is 11.1 Å². The van der Waals surface area contributed by atoms with Gasteiger partial charge in [0.05, 0.1) is 0 Å². The van der Waals surface area contributed by atoms with Crippen LogP contribution in [-0.2, 0) is 0 Å². The van der Waals surface area contributed by atoms with Crippen molar-refractivity contribution in [3.05, 3.63) is 24.0 Å². The molecular formula is C13H23N3. The maximum absolute atomic E-state index is 5.99. The number of pyridine rings is 1. The molecule has 0 radical (unpaired) electrons. The van der Waals surface area contributed by atoms with Crippen LogP contribution in [0.4, 0.5) is 5.69 Å². The number of anilines is 1. The highest BCUT2D eigenvalue weighted by Crippen LogP contribution is 2.24. The average molecular weight is 221 g/mol. The highest BCUT2D eigenvalue weighted by molar-refractivity contribution is 5.46. The largest absolute Gasteiger partial charge is 0.398 e. The summed E-state index contributed by atoms with van der Waals surface area (Å²) in [5.41, 5.74) is 7.96. The van der Waals surface area contributed by atoms with Crippen molar-refractivity contribution in [2.75, 3.05) is 12.3 Å². The Hall–Kier alpha value is -1.09. The maximum Gasteiger partial charge on any atom is 0.0393 e. The predicted octanol–water partition coefficient (Wildman–Crippen LogP) is 2.75. The first-order chi connectivity index (χ1) is 7.65. The normalized spacial score (nSPS) is 13.0. The van der Waals surface area contributed by atoms with Gasteiger partial charge < -0.3 is 11.1 Å².